The van der Waals surface area contributed by atoms with Crippen molar-refractivity contribution in [2.24, 2.45) is 11.8 Å². The van der Waals surface area contributed by atoms with Crippen LogP contribution >= 0.6 is 0 Å². The van der Waals surface area contributed by atoms with Gasteiger partial charge in [0, 0.05) is 19.3 Å². The molecule has 0 spiro atoms. The van der Waals surface area contributed by atoms with Gasteiger partial charge < -0.3 is 14.2 Å². The van der Waals surface area contributed by atoms with Crippen molar-refractivity contribution in [2.75, 3.05) is 13.2 Å². The average molecular weight is 807 g/mol. The van der Waals surface area contributed by atoms with Gasteiger partial charge in [0.25, 0.3) is 0 Å². The fraction of sp³-hybridized carbons (Fsp3) is 0.941. The fourth-order valence-corrected chi connectivity index (χ4v) is 7.60. The quantitative estimate of drug-likeness (QED) is 0.0346. The number of rotatable bonds is 45. The van der Waals surface area contributed by atoms with Crippen LogP contribution in [0.15, 0.2) is 0 Å². The maximum atomic E-state index is 12.8. The molecule has 0 saturated carbocycles. The third-order valence-corrected chi connectivity index (χ3v) is 11.8. The second-order valence-corrected chi connectivity index (χ2v) is 18.2. The van der Waals surface area contributed by atoms with Crippen LogP contribution < -0.4 is 0 Å². The van der Waals surface area contributed by atoms with Gasteiger partial charge in [-0.3, -0.25) is 14.4 Å². The number of carbonyl (C=O) groups excluding carboxylic acids is 3. The molecule has 0 rings (SSSR count). The molecule has 0 aliphatic heterocycles. The number of ether oxygens (including phenoxy) is 3. The van der Waals surface area contributed by atoms with Crippen molar-refractivity contribution >= 4 is 17.9 Å². The van der Waals surface area contributed by atoms with Crippen LogP contribution in [0.3, 0.4) is 0 Å². The zero-order valence-electron chi connectivity index (χ0n) is 39.0. The lowest BCUT2D eigenvalue weighted by Crippen LogP contribution is -2.30. The lowest BCUT2D eigenvalue weighted by atomic mass is 9.99. The predicted octanol–water partition coefficient (Wildman–Crippen LogP) is 16.1. The van der Waals surface area contributed by atoms with E-state index in [-0.39, 0.29) is 31.1 Å². The number of hydrogen-bond acceptors (Lipinski definition) is 6. The van der Waals surface area contributed by atoms with E-state index in [1.54, 1.807) is 0 Å². The van der Waals surface area contributed by atoms with Gasteiger partial charge in [-0.1, -0.05) is 240 Å². The Labute approximate surface area is 355 Å². The van der Waals surface area contributed by atoms with E-state index >= 15 is 0 Å². The van der Waals surface area contributed by atoms with Crippen molar-refractivity contribution < 1.29 is 28.6 Å². The SMILES string of the molecule is CCCCCCCCCCCCCCC(=O)OC[C@@H](COC(=O)CCCCCCCCCCC(C)CC)OC(=O)CCCCCCCCCCCCCCC(C)C. The van der Waals surface area contributed by atoms with Gasteiger partial charge in [-0.05, 0) is 31.1 Å². The van der Waals surface area contributed by atoms with E-state index in [9.17, 15) is 14.4 Å². The summed E-state index contributed by atoms with van der Waals surface area (Å²) in [6, 6.07) is 0. The standard InChI is InChI=1S/C51H98O6/c1-6-8-9-10-11-12-13-17-20-26-31-36-41-49(52)55-44-48(45-56-50(53)42-37-32-27-23-22-25-30-35-40-47(5)7-2)57-51(54)43-38-33-28-21-18-15-14-16-19-24-29-34-39-46(3)4/h46-48H,6-45H2,1-5H3/t47?,48-/m0/s1. The van der Waals surface area contributed by atoms with E-state index in [0.717, 1.165) is 69.6 Å². The first kappa shape index (κ1) is 55.4. The molecule has 0 bridgehead atoms. The Hall–Kier alpha value is -1.59. The maximum Gasteiger partial charge on any atom is 0.306 e. The summed E-state index contributed by atoms with van der Waals surface area (Å²) < 4.78 is 16.8. The molecule has 0 aliphatic rings. The third-order valence-electron chi connectivity index (χ3n) is 11.8. The van der Waals surface area contributed by atoms with Crippen LogP contribution in [0.5, 0.6) is 0 Å². The molecule has 6 heteroatoms. The van der Waals surface area contributed by atoms with Gasteiger partial charge in [0.05, 0.1) is 0 Å². The molecule has 6 nitrogen and oxygen atoms in total. The summed E-state index contributed by atoms with van der Waals surface area (Å²) in [5, 5.41) is 0. The Morgan fingerprint density at radius 2 is 0.667 bits per heavy atom. The first-order valence-corrected chi connectivity index (χ1v) is 25.3. The van der Waals surface area contributed by atoms with Gasteiger partial charge in [-0.15, -0.1) is 0 Å². The van der Waals surface area contributed by atoms with Gasteiger partial charge in [0.1, 0.15) is 13.2 Å². The van der Waals surface area contributed by atoms with Crippen LogP contribution in [0.4, 0.5) is 0 Å². The Bertz CT molecular complexity index is 872. The normalized spacial score (nSPS) is 12.5. The average Bonchev–Trinajstić information content (AvgIpc) is 3.19. The van der Waals surface area contributed by atoms with Crippen LogP contribution in [-0.2, 0) is 28.6 Å². The van der Waals surface area contributed by atoms with Crippen molar-refractivity contribution in [3.05, 3.63) is 0 Å². The van der Waals surface area contributed by atoms with Gasteiger partial charge in [-0.25, -0.2) is 0 Å². The van der Waals surface area contributed by atoms with E-state index in [2.05, 4.69) is 34.6 Å². The largest absolute Gasteiger partial charge is 0.462 e. The number of esters is 3. The first-order valence-electron chi connectivity index (χ1n) is 25.3. The Morgan fingerprint density at radius 3 is 1.00 bits per heavy atom. The van der Waals surface area contributed by atoms with Gasteiger partial charge in [0.15, 0.2) is 6.10 Å². The van der Waals surface area contributed by atoms with Crippen molar-refractivity contribution in [3.63, 3.8) is 0 Å². The summed E-state index contributed by atoms with van der Waals surface area (Å²) >= 11 is 0. The van der Waals surface area contributed by atoms with Crippen LogP contribution in [0, 0.1) is 11.8 Å². The highest BCUT2D eigenvalue weighted by molar-refractivity contribution is 5.71. The van der Waals surface area contributed by atoms with Crippen molar-refractivity contribution in [1.29, 1.82) is 0 Å². The van der Waals surface area contributed by atoms with Gasteiger partial charge in [0.2, 0.25) is 0 Å². The van der Waals surface area contributed by atoms with Crippen molar-refractivity contribution in [1.82, 2.24) is 0 Å². The van der Waals surface area contributed by atoms with Crippen LogP contribution in [-0.4, -0.2) is 37.2 Å². The highest BCUT2D eigenvalue weighted by Crippen LogP contribution is 2.17. The minimum Gasteiger partial charge on any atom is -0.462 e. The second kappa shape index (κ2) is 44.0. The second-order valence-electron chi connectivity index (χ2n) is 18.2. The Morgan fingerprint density at radius 1 is 0.368 bits per heavy atom. The van der Waals surface area contributed by atoms with E-state index in [4.69, 9.17) is 14.2 Å². The lowest BCUT2D eigenvalue weighted by molar-refractivity contribution is -0.167. The highest BCUT2D eigenvalue weighted by atomic mass is 16.6. The van der Waals surface area contributed by atoms with Crippen LogP contribution in [0.1, 0.15) is 279 Å². The minimum atomic E-state index is -0.761. The zero-order valence-corrected chi connectivity index (χ0v) is 39.0. The predicted molar refractivity (Wildman–Crippen MR) is 243 cm³/mol. The molecule has 0 aromatic heterocycles. The topological polar surface area (TPSA) is 78.9 Å². The third kappa shape index (κ3) is 43.8. The molecule has 0 aromatic carbocycles. The summed E-state index contributed by atoms with van der Waals surface area (Å²) in [7, 11) is 0. The highest BCUT2D eigenvalue weighted by Gasteiger charge is 2.19. The Balaban J connectivity index is 4.33. The molecule has 1 unspecified atom stereocenters. The maximum absolute atomic E-state index is 12.8. The van der Waals surface area contributed by atoms with E-state index in [1.165, 1.54) is 167 Å². The molecule has 0 N–H and O–H groups in total. The van der Waals surface area contributed by atoms with Crippen LogP contribution in [0.2, 0.25) is 0 Å². The van der Waals surface area contributed by atoms with Gasteiger partial charge in [-0.2, -0.15) is 0 Å². The fourth-order valence-electron chi connectivity index (χ4n) is 7.60. The van der Waals surface area contributed by atoms with Gasteiger partial charge >= 0.3 is 17.9 Å². The van der Waals surface area contributed by atoms with Crippen molar-refractivity contribution in [3.8, 4) is 0 Å². The summed E-state index contributed by atoms with van der Waals surface area (Å²) in [6.45, 7) is 11.4. The van der Waals surface area contributed by atoms with E-state index in [1.807, 2.05) is 0 Å². The van der Waals surface area contributed by atoms with E-state index < -0.39 is 6.10 Å². The zero-order chi connectivity index (χ0) is 41.9. The number of hydrogen-bond donors (Lipinski definition) is 0. The summed E-state index contributed by atoms with van der Waals surface area (Å²) in [5.74, 6) is 0.829. The molecule has 57 heavy (non-hydrogen) atoms. The molecular weight excluding hydrogens is 709 g/mol. The minimum absolute atomic E-state index is 0.0641. The molecular formula is C51H98O6. The first-order chi connectivity index (χ1) is 27.8. The monoisotopic (exact) mass is 807 g/mol. The lowest BCUT2D eigenvalue weighted by Gasteiger charge is -2.18. The molecule has 338 valence electrons. The molecule has 0 radical (unpaired) electrons. The molecule has 0 saturated heterocycles. The van der Waals surface area contributed by atoms with Crippen molar-refractivity contribution in [2.45, 2.75) is 285 Å². The summed E-state index contributed by atoms with van der Waals surface area (Å²) in [5.41, 5.74) is 0. The molecule has 0 heterocycles. The Kier molecular flexibility index (Phi) is 42.7. The summed E-state index contributed by atoms with van der Waals surface area (Å²) in [4.78, 5) is 37.9. The van der Waals surface area contributed by atoms with Crippen LogP contribution in [0.25, 0.3) is 0 Å². The molecule has 0 amide bonds. The molecule has 0 aromatic rings. The molecule has 0 fully saturated rings. The molecule has 2 atom stereocenters. The van der Waals surface area contributed by atoms with E-state index in [0.29, 0.717) is 19.3 Å². The summed E-state index contributed by atoms with van der Waals surface area (Å²) in [6.07, 6.45) is 43.6. The number of carbonyl (C=O) groups is 3. The number of unbranched alkanes of at least 4 members (excludes halogenated alkanes) is 29. The molecule has 0 aliphatic carbocycles. The smallest absolute Gasteiger partial charge is 0.306 e.